The van der Waals surface area contributed by atoms with E-state index in [1.807, 2.05) is 31.3 Å². The molecule has 0 rings (SSSR count). The van der Waals surface area contributed by atoms with E-state index < -0.39 is 8.32 Å². The molecule has 0 saturated carbocycles. The first kappa shape index (κ1) is 17.3. The zero-order valence-electron chi connectivity index (χ0n) is 13.4. The van der Waals surface area contributed by atoms with Crippen LogP contribution in [-0.2, 0) is 4.43 Å². The lowest BCUT2D eigenvalue weighted by Crippen LogP contribution is -2.47. The molecule has 0 N–H and O–H groups in total. The molecule has 0 aromatic carbocycles. The Balaban J connectivity index is 5.07. The summed E-state index contributed by atoms with van der Waals surface area (Å²) in [5.41, 5.74) is 1.76. The Labute approximate surface area is 115 Å². The van der Waals surface area contributed by atoms with E-state index in [-0.39, 0.29) is 0 Å². The number of rotatable bonds is 7. The Morgan fingerprint density at radius 3 is 1.67 bits per heavy atom. The number of hydrogen-bond acceptors (Lipinski definition) is 2. The van der Waals surface area contributed by atoms with Crippen molar-refractivity contribution in [2.45, 2.75) is 58.2 Å². The third-order valence-corrected chi connectivity index (χ3v) is 9.60. The van der Waals surface area contributed by atoms with Gasteiger partial charge in [0.2, 0.25) is 0 Å². The van der Waals surface area contributed by atoms with Crippen molar-refractivity contribution >= 4 is 8.32 Å². The second kappa shape index (κ2) is 7.03. The fourth-order valence-corrected chi connectivity index (χ4v) is 8.08. The van der Waals surface area contributed by atoms with E-state index in [0.29, 0.717) is 16.6 Å². The SMILES string of the molecule is C=C(/C=C/N(C)C)O[Si](C(C)C)(C(C)C)C(C)C. The summed E-state index contributed by atoms with van der Waals surface area (Å²) in [5, 5.41) is 0. The normalized spacial score (nSPS) is 12.8. The van der Waals surface area contributed by atoms with Crippen LogP contribution < -0.4 is 0 Å². The largest absolute Gasteiger partial charge is 0.543 e. The van der Waals surface area contributed by atoms with Crippen LogP contribution in [0.3, 0.4) is 0 Å². The molecule has 0 aliphatic rings. The molecule has 0 fully saturated rings. The first-order valence-corrected chi connectivity index (χ1v) is 9.01. The smallest absolute Gasteiger partial charge is 0.258 e. The number of hydrogen-bond donors (Lipinski definition) is 0. The van der Waals surface area contributed by atoms with Gasteiger partial charge in [0.25, 0.3) is 8.32 Å². The fraction of sp³-hybridized carbons (Fsp3) is 0.733. The first-order chi connectivity index (χ1) is 8.14. The predicted octanol–water partition coefficient (Wildman–Crippen LogP) is 4.77. The van der Waals surface area contributed by atoms with Gasteiger partial charge in [0.1, 0.15) is 0 Å². The Bertz CT molecular complexity index is 271. The van der Waals surface area contributed by atoms with Gasteiger partial charge >= 0.3 is 0 Å². The van der Waals surface area contributed by atoms with Crippen LogP contribution in [-0.4, -0.2) is 27.3 Å². The molecule has 0 atom stereocenters. The maximum atomic E-state index is 6.40. The van der Waals surface area contributed by atoms with E-state index in [4.69, 9.17) is 4.43 Å². The zero-order chi connectivity index (χ0) is 14.5. The third-order valence-electron chi connectivity index (χ3n) is 3.57. The summed E-state index contributed by atoms with van der Waals surface area (Å²) in [4.78, 5) is 2.00. The van der Waals surface area contributed by atoms with E-state index in [1.54, 1.807) is 0 Å². The topological polar surface area (TPSA) is 12.5 Å². The van der Waals surface area contributed by atoms with Crippen LogP contribution in [0.15, 0.2) is 24.6 Å². The highest BCUT2D eigenvalue weighted by atomic mass is 28.4. The second-order valence-electron chi connectivity index (χ2n) is 6.17. The van der Waals surface area contributed by atoms with Gasteiger partial charge in [0.05, 0.1) is 5.76 Å². The average molecular weight is 270 g/mol. The lowest BCUT2D eigenvalue weighted by molar-refractivity contribution is 0.387. The number of allylic oxidation sites excluding steroid dienone is 1. The van der Waals surface area contributed by atoms with E-state index >= 15 is 0 Å². The summed E-state index contributed by atoms with van der Waals surface area (Å²) in [5.74, 6) is 0.798. The van der Waals surface area contributed by atoms with Crippen LogP contribution in [0.5, 0.6) is 0 Å². The van der Waals surface area contributed by atoms with Gasteiger partial charge in [-0.25, -0.2) is 0 Å². The molecular weight excluding hydrogens is 238 g/mol. The minimum atomic E-state index is -1.83. The highest BCUT2D eigenvalue weighted by molar-refractivity contribution is 6.77. The molecule has 0 heterocycles. The maximum absolute atomic E-state index is 6.40. The maximum Gasteiger partial charge on any atom is 0.258 e. The van der Waals surface area contributed by atoms with Crippen molar-refractivity contribution in [3.63, 3.8) is 0 Å². The Morgan fingerprint density at radius 2 is 1.39 bits per heavy atom. The predicted molar refractivity (Wildman–Crippen MR) is 84.1 cm³/mol. The molecule has 0 aromatic rings. The molecule has 0 bridgehead atoms. The second-order valence-corrected chi connectivity index (χ2v) is 11.5. The van der Waals surface area contributed by atoms with Gasteiger partial charge in [0.15, 0.2) is 0 Å². The number of nitrogens with zero attached hydrogens (tertiary/aromatic N) is 1. The van der Waals surface area contributed by atoms with Crippen LogP contribution in [0.25, 0.3) is 0 Å². The van der Waals surface area contributed by atoms with Gasteiger partial charge in [0, 0.05) is 20.3 Å². The van der Waals surface area contributed by atoms with Gasteiger partial charge in [-0.05, 0) is 22.7 Å². The standard InChI is InChI=1S/C15H31NOSi/c1-12(2)18(13(3)4,14(5)6)17-15(7)10-11-16(8)9/h10-14H,7H2,1-6,8-9H3/b11-10+. The van der Waals surface area contributed by atoms with Crippen molar-refractivity contribution in [1.82, 2.24) is 4.90 Å². The molecule has 106 valence electrons. The average Bonchev–Trinajstić information content (AvgIpc) is 2.21. The molecule has 0 saturated heterocycles. The van der Waals surface area contributed by atoms with Crippen molar-refractivity contribution < 1.29 is 4.43 Å². The van der Waals surface area contributed by atoms with Gasteiger partial charge in [-0.2, -0.15) is 0 Å². The van der Waals surface area contributed by atoms with Gasteiger partial charge < -0.3 is 9.33 Å². The highest BCUT2D eigenvalue weighted by Gasteiger charge is 2.46. The van der Waals surface area contributed by atoms with Gasteiger partial charge in [-0.3, -0.25) is 0 Å². The zero-order valence-corrected chi connectivity index (χ0v) is 14.4. The Morgan fingerprint density at radius 1 is 1.00 bits per heavy atom. The van der Waals surface area contributed by atoms with E-state index in [0.717, 1.165) is 5.76 Å². The van der Waals surface area contributed by atoms with Crippen molar-refractivity contribution in [2.75, 3.05) is 14.1 Å². The highest BCUT2D eigenvalue weighted by Crippen LogP contribution is 2.43. The molecule has 0 amide bonds. The quantitative estimate of drug-likeness (QED) is 0.375. The molecule has 0 aliphatic heterocycles. The summed E-state index contributed by atoms with van der Waals surface area (Å²) < 4.78 is 6.40. The van der Waals surface area contributed by atoms with E-state index in [1.165, 1.54) is 0 Å². The Kier molecular flexibility index (Phi) is 6.75. The van der Waals surface area contributed by atoms with Gasteiger partial charge in [-0.15, -0.1) is 0 Å². The molecule has 0 aliphatic carbocycles. The monoisotopic (exact) mass is 269 g/mol. The third kappa shape index (κ3) is 4.20. The van der Waals surface area contributed by atoms with Gasteiger partial charge in [-0.1, -0.05) is 48.1 Å². The van der Waals surface area contributed by atoms with Crippen LogP contribution in [0, 0.1) is 0 Å². The minimum absolute atomic E-state index is 0.585. The van der Waals surface area contributed by atoms with Crippen LogP contribution >= 0.6 is 0 Å². The molecule has 2 nitrogen and oxygen atoms in total. The molecule has 0 aromatic heterocycles. The van der Waals surface area contributed by atoms with Crippen LogP contribution in [0.1, 0.15) is 41.5 Å². The Hall–Kier alpha value is -0.703. The van der Waals surface area contributed by atoms with Crippen molar-refractivity contribution in [3.8, 4) is 0 Å². The first-order valence-electron chi connectivity index (χ1n) is 6.87. The molecular formula is C15H31NOSi. The van der Waals surface area contributed by atoms with Crippen LogP contribution in [0.4, 0.5) is 0 Å². The summed E-state index contributed by atoms with van der Waals surface area (Å²) in [6.45, 7) is 17.8. The van der Waals surface area contributed by atoms with E-state index in [9.17, 15) is 0 Å². The van der Waals surface area contributed by atoms with Crippen molar-refractivity contribution in [2.24, 2.45) is 0 Å². The molecule has 3 heteroatoms. The van der Waals surface area contributed by atoms with Crippen LogP contribution in [0.2, 0.25) is 16.6 Å². The minimum Gasteiger partial charge on any atom is -0.543 e. The summed E-state index contributed by atoms with van der Waals surface area (Å²) in [7, 11) is 2.17. The molecule has 18 heavy (non-hydrogen) atoms. The van der Waals surface area contributed by atoms with E-state index in [2.05, 4.69) is 48.1 Å². The molecule has 0 spiro atoms. The summed E-state index contributed by atoms with van der Waals surface area (Å²) in [6, 6.07) is 0. The van der Waals surface area contributed by atoms with Crippen molar-refractivity contribution in [1.29, 1.82) is 0 Å². The lowest BCUT2D eigenvalue weighted by Gasteiger charge is -2.42. The molecule has 0 radical (unpaired) electrons. The lowest BCUT2D eigenvalue weighted by atomic mass is 10.5. The summed E-state index contributed by atoms with van der Waals surface area (Å²) in [6.07, 6.45) is 3.96. The fourth-order valence-electron chi connectivity index (χ4n) is 2.85. The summed E-state index contributed by atoms with van der Waals surface area (Å²) >= 11 is 0. The van der Waals surface area contributed by atoms with Crippen molar-refractivity contribution in [3.05, 3.63) is 24.6 Å². The molecule has 0 unspecified atom stereocenters.